The van der Waals surface area contributed by atoms with E-state index in [1.165, 1.54) is 17.7 Å². The van der Waals surface area contributed by atoms with Crippen molar-refractivity contribution in [3.8, 4) is 0 Å². The molecule has 1 spiro atoms. The molecule has 2 N–H and O–H groups in total. The van der Waals surface area contributed by atoms with E-state index in [4.69, 9.17) is 4.74 Å². The Labute approximate surface area is 304 Å². The van der Waals surface area contributed by atoms with Gasteiger partial charge in [-0.3, -0.25) is 19.2 Å². The van der Waals surface area contributed by atoms with Crippen LogP contribution < -0.4 is 10.6 Å². The van der Waals surface area contributed by atoms with Gasteiger partial charge in [0.25, 0.3) is 5.91 Å². The van der Waals surface area contributed by atoms with E-state index in [9.17, 15) is 41.5 Å². The number of carbonyl (C=O) groups is 5. The summed E-state index contributed by atoms with van der Waals surface area (Å²) >= 11 is 0. The van der Waals surface area contributed by atoms with Crippen LogP contribution in [0.2, 0.25) is 0 Å². The van der Waals surface area contributed by atoms with Crippen molar-refractivity contribution in [1.82, 2.24) is 15.1 Å². The van der Waals surface area contributed by atoms with Crippen LogP contribution in [0.25, 0.3) is 0 Å². The van der Waals surface area contributed by atoms with Gasteiger partial charge in [0.1, 0.15) is 18.4 Å². The summed E-state index contributed by atoms with van der Waals surface area (Å²) in [5, 5.41) is 5.64. The lowest BCUT2D eigenvalue weighted by atomic mass is 9.94. The lowest BCUT2D eigenvalue weighted by Crippen LogP contribution is -2.51. The SMILES string of the molecule is C[C@H](N(Cc1ccc(F)cc1)C(=O)CN1C(=O)OC2(CCc3cc(NC(=O)CCCNC(=O)CCCCCc4ccccc4)ccc32)C1=O)C(F)(F)F. The number of imide groups is 1. The number of hydrogen-bond donors (Lipinski definition) is 2. The van der Waals surface area contributed by atoms with Crippen LogP contribution in [0.5, 0.6) is 0 Å². The van der Waals surface area contributed by atoms with Crippen molar-refractivity contribution in [3.63, 3.8) is 0 Å². The molecule has 1 heterocycles. The molecule has 282 valence electrons. The zero-order chi connectivity index (χ0) is 38.2. The van der Waals surface area contributed by atoms with Crippen LogP contribution in [-0.4, -0.2) is 64.8 Å². The van der Waals surface area contributed by atoms with Gasteiger partial charge in [-0.1, -0.05) is 55.0 Å². The van der Waals surface area contributed by atoms with Gasteiger partial charge in [0.2, 0.25) is 23.3 Å². The first-order chi connectivity index (χ1) is 25.3. The van der Waals surface area contributed by atoms with Gasteiger partial charge in [-0.05, 0) is 80.0 Å². The predicted octanol–water partition coefficient (Wildman–Crippen LogP) is 6.56. The van der Waals surface area contributed by atoms with Crippen molar-refractivity contribution in [2.75, 3.05) is 18.4 Å². The summed E-state index contributed by atoms with van der Waals surface area (Å²) in [4.78, 5) is 65.7. The Hall–Kier alpha value is -5.27. The molecular weight excluding hydrogens is 696 g/mol. The van der Waals surface area contributed by atoms with E-state index in [2.05, 4.69) is 22.8 Å². The second-order valence-corrected chi connectivity index (χ2v) is 13.4. The molecule has 1 unspecified atom stereocenters. The van der Waals surface area contributed by atoms with Crippen LogP contribution in [0.4, 0.5) is 28.0 Å². The standard InChI is InChI=1S/C39H42F4N4O6/c1-26(39(41,42)43)46(24-28-14-16-30(40)17-15-28)35(50)25-47-36(51)38(53-37(47)52)21-20-29-23-31(18-19-32(29)38)45-34(49)13-8-22-44-33(48)12-7-3-6-11-27-9-4-2-5-10-27/h2,4-5,9-10,14-19,23,26H,3,6-8,11-13,20-22,24-25H2,1H3,(H,44,48)(H,45,49)/t26-,38?/m0/s1. The monoisotopic (exact) mass is 738 g/mol. The van der Waals surface area contributed by atoms with Crippen LogP contribution in [-0.2, 0) is 48.9 Å². The van der Waals surface area contributed by atoms with Crippen molar-refractivity contribution in [1.29, 1.82) is 0 Å². The molecule has 10 nitrogen and oxygen atoms in total. The fourth-order valence-corrected chi connectivity index (χ4v) is 6.59. The molecule has 3 aromatic carbocycles. The van der Waals surface area contributed by atoms with Crippen molar-refractivity contribution in [2.24, 2.45) is 0 Å². The molecule has 3 aromatic rings. The van der Waals surface area contributed by atoms with Crippen molar-refractivity contribution >= 4 is 35.4 Å². The Bertz CT molecular complexity index is 1800. The van der Waals surface area contributed by atoms with Gasteiger partial charge in [0.05, 0.1) is 0 Å². The van der Waals surface area contributed by atoms with Gasteiger partial charge in [-0.15, -0.1) is 0 Å². The Morgan fingerprint density at radius 2 is 1.62 bits per heavy atom. The number of hydrogen-bond acceptors (Lipinski definition) is 6. The number of anilines is 1. The van der Waals surface area contributed by atoms with E-state index in [-0.39, 0.29) is 30.2 Å². The topological polar surface area (TPSA) is 125 Å². The third-order valence-electron chi connectivity index (χ3n) is 9.58. The lowest BCUT2D eigenvalue weighted by Gasteiger charge is -2.31. The van der Waals surface area contributed by atoms with E-state index in [0.29, 0.717) is 52.4 Å². The van der Waals surface area contributed by atoms with Crippen LogP contribution in [0, 0.1) is 5.82 Å². The van der Waals surface area contributed by atoms with Gasteiger partial charge in [0.15, 0.2) is 0 Å². The maximum atomic E-state index is 13.7. The Morgan fingerprint density at radius 3 is 2.34 bits per heavy atom. The molecule has 53 heavy (non-hydrogen) atoms. The first-order valence-electron chi connectivity index (χ1n) is 17.7. The molecule has 1 aliphatic carbocycles. The summed E-state index contributed by atoms with van der Waals surface area (Å²) < 4.78 is 60.2. The highest BCUT2D eigenvalue weighted by Gasteiger charge is 2.58. The number of benzene rings is 3. The van der Waals surface area contributed by atoms with Crippen LogP contribution in [0.1, 0.15) is 74.1 Å². The highest BCUT2D eigenvalue weighted by atomic mass is 19.4. The van der Waals surface area contributed by atoms with E-state index >= 15 is 0 Å². The minimum atomic E-state index is -4.82. The molecule has 1 saturated heterocycles. The van der Waals surface area contributed by atoms with E-state index in [0.717, 1.165) is 44.7 Å². The smallest absolute Gasteiger partial charge is 0.418 e. The summed E-state index contributed by atoms with van der Waals surface area (Å²) in [6.45, 7) is -0.385. The molecule has 1 fully saturated rings. The number of ether oxygens (including phenoxy) is 1. The van der Waals surface area contributed by atoms with Gasteiger partial charge in [-0.2, -0.15) is 13.2 Å². The quantitative estimate of drug-likeness (QED) is 0.127. The summed E-state index contributed by atoms with van der Waals surface area (Å²) in [5.41, 5.74) is 1.17. The number of rotatable bonds is 16. The second kappa shape index (κ2) is 17.0. The maximum Gasteiger partial charge on any atom is 0.418 e. The highest BCUT2D eigenvalue weighted by molar-refractivity contribution is 6.06. The number of amides is 5. The molecule has 1 aliphatic heterocycles. The number of nitrogens with one attached hydrogen (secondary N) is 2. The first kappa shape index (κ1) is 38.9. The Balaban J connectivity index is 1.10. The number of aryl methyl sites for hydroxylation is 2. The van der Waals surface area contributed by atoms with Crippen LogP contribution in [0.3, 0.4) is 0 Å². The van der Waals surface area contributed by atoms with Gasteiger partial charge >= 0.3 is 12.3 Å². The van der Waals surface area contributed by atoms with E-state index in [1.807, 2.05) is 18.2 Å². The minimum Gasteiger partial charge on any atom is -0.427 e. The normalized spacial score (nSPS) is 17.0. The average Bonchev–Trinajstić information content (AvgIpc) is 3.60. The minimum absolute atomic E-state index is 0.0416. The van der Waals surface area contributed by atoms with Gasteiger partial charge in [0, 0.05) is 43.6 Å². The molecule has 0 radical (unpaired) electrons. The number of halogens is 4. The Morgan fingerprint density at radius 1 is 0.906 bits per heavy atom. The largest absolute Gasteiger partial charge is 0.427 e. The molecule has 14 heteroatoms. The fraction of sp³-hybridized carbons (Fsp3) is 0.410. The summed E-state index contributed by atoms with van der Waals surface area (Å²) in [5.74, 6) is -2.96. The number of unbranched alkanes of at least 4 members (excludes halogenated alkanes) is 2. The molecule has 0 bridgehead atoms. The highest BCUT2D eigenvalue weighted by Crippen LogP contribution is 2.46. The van der Waals surface area contributed by atoms with Gasteiger partial charge < -0.3 is 20.3 Å². The summed E-state index contributed by atoms with van der Waals surface area (Å²) in [7, 11) is 0. The maximum absolute atomic E-state index is 13.7. The lowest BCUT2D eigenvalue weighted by molar-refractivity contribution is -0.187. The van der Waals surface area contributed by atoms with Crippen LogP contribution in [0.15, 0.2) is 72.8 Å². The predicted molar refractivity (Wildman–Crippen MR) is 187 cm³/mol. The zero-order valence-electron chi connectivity index (χ0n) is 29.3. The molecule has 5 rings (SSSR count). The first-order valence-corrected chi connectivity index (χ1v) is 17.7. The number of alkyl halides is 3. The zero-order valence-corrected chi connectivity index (χ0v) is 29.3. The van der Waals surface area contributed by atoms with Gasteiger partial charge in [-0.25, -0.2) is 14.1 Å². The summed E-state index contributed by atoms with van der Waals surface area (Å²) in [6.07, 6.45) is -0.903. The van der Waals surface area contributed by atoms with Crippen molar-refractivity contribution in [2.45, 2.75) is 89.1 Å². The fourth-order valence-electron chi connectivity index (χ4n) is 6.59. The van der Waals surface area contributed by atoms with Crippen LogP contribution >= 0.6 is 0 Å². The average molecular weight is 739 g/mol. The molecule has 2 atom stereocenters. The third-order valence-corrected chi connectivity index (χ3v) is 9.58. The number of fused-ring (bicyclic) bond motifs is 2. The molecular formula is C39H42F4N4O6. The molecule has 0 aromatic heterocycles. The molecule has 2 aliphatic rings. The van der Waals surface area contributed by atoms with Crippen molar-refractivity contribution < 1.29 is 46.3 Å². The molecule has 0 saturated carbocycles. The van der Waals surface area contributed by atoms with E-state index in [1.54, 1.807) is 18.2 Å². The summed E-state index contributed by atoms with van der Waals surface area (Å²) in [6, 6.07) is 17.2. The Kier molecular flexibility index (Phi) is 12.5. The number of nitrogens with zero attached hydrogens (tertiary/aromatic N) is 2. The third kappa shape index (κ3) is 9.79. The second-order valence-electron chi connectivity index (χ2n) is 13.4. The van der Waals surface area contributed by atoms with Crippen molar-refractivity contribution in [3.05, 3.63) is 101 Å². The molecule has 5 amide bonds. The van der Waals surface area contributed by atoms with E-state index < -0.39 is 54.6 Å². The number of carbonyl (C=O) groups excluding carboxylic acids is 5.